The molecule has 0 spiro atoms. The van der Waals surface area contributed by atoms with E-state index in [1.807, 2.05) is 54.4 Å². The van der Waals surface area contributed by atoms with Crippen molar-refractivity contribution in [3.05, 3.63) is 78.7 Å². The third kappa shape index (κ3) is 4.06. The first kappa shape index (κ1) is 21.5. The Morgan fingerprint density at radius 2 is 1.79 bits per heavy atom. The molecule has 0 radical (unpaired) electrons. The zero-order valence-electron chi connectivity index (χ0n) is 18.8. The fraction of sp³-hybridized carbons (Fsp3) is 0.222. The van der Waals surface area contributed by atoms with Crippen LogP contribution in [0.3, 0.4) is 0 Å². The number of hydrogen-bond acceptors (Lipinski definition) is 6. The van der Waals surface area contributed by atoms with Gasteiger partial charge in [-0.25, -0.2) is 0 Å². The lowest BCUT2D eigenvalue weighted by Crippen LogP contribution is -2.41. The molecule has 1 saturated heterocycles. The summed E-state index contributed by atoms with van der Waals surface area (Å²) >= 11 is 0. The number of furan rings is 1. The molecule has 1 fully saturated rings. The van der Waals surface area contributed by atoms with Crippen LogP contribution in [0, 0.1) is 17.2 Å². The van der Waals surface area contributed by atoms with Gasteiger partial charge >= 0.3 is 0 Å². The molecule has 7 nitrogen and oxygen atoms in total. The van der Waals surface area contributed by atoms with E-state index in [0.29, 0.717) is 37.6 Å². The van der Waals surface area contributed by atoms with Gasteiger partial charge in [0.25, 0.3) is 5.89 Å². The number of carbonyl (C=O) groups is 1. The summed E-state index contributed by atoms with van der Waals surface area (Å²) in [4.78, 5) is 21.4. The lowest BCUT2D eigenvalue weighted by Gasteiger charge is -2.33. The second kappa shape index (κ2) is 9.28. The second-order valence-corrected chi connectivity index (χ2v) is 8.30. The van der Waals surface area contributed by atoms with E-state index in [1.54, 1.807) is 17.0 Å². The van der Waals surface area contributed by atoms with Gasteiger partial charge in [-0.1, -0.05) is 48.5 Å². The van der Waals surface area contributed by atoms with Crippen LogP contribution in [0.15, 0.2) is 81.8 Å². The average molecular weight is 453 g/mol. The number of rotatable bonds is 5. The number of para-hydroxylation sites is 1. The summed E-state index contributed by atoms with van der Waals surface area (Å²) in [5.74, 6) is 1.18. The van der Waals surface area contributed by atoms with Gasteiger partial charge in [-0.15, -0.1) is 0 Å². The molecule has 170 valence electrons. The van der Waals surface area contributed by atoms with Crippen molar-refractivity contribution >= 4 is 17.5 Å². The predicted molar refractivity (Wildman–Crippen MR) is 129 cm³/mol. The number of aromatic nitrogens is 1. The molecule has 5 rings (SSSR count). The van der Waals surface area contributed by atoms with Crippen LogP contribution in [0.25, 0.3) is 22.8 Å². The van der Waals surface area contributed by atoms with Crippen LogP contribution in [0.4, 0.5) is 11.6 Å². The Morgan fingerprint density at radius 1 is 1.06 bits per heavy atom. The molecule has 2 aromatic heterocycles. The molecule has 0 saturated carbocycles. The van der Waals surface area contributed by atoms with Crippen molar-refractivity contribution < 1.29 is 13.6 Å². The smallest absolute Gasteiger partial charge is 0.266 e. The maximum atomic E-state index is 13.4. The van der Waals surface area contributed by atoms with Gasteiger partial charge in [-0.05, 0) is 36.6 Å². The molecule has 0 N–H and O–H groups in total. The Balaban J connectivity index is 1.30. The molecule has 0 bridgehead atoms. The van der Waals surface area contributed by atoms with Crippen molar-refractivity contribution in [1.29, 1.82) is 5.26 Å². The Morgan fingerprint density at radius 3 is 2.50 bits per heavy atom. The predicted octanol–water partition coefficient (Wildman–Crippen LogP) is 5.35. The summed E-state index contributed by atoms with van der Waals surface area (Å²) in [6, 6.07) is 23.7. The van der Waals surface area contributed by atoms with Crippen molar-refractivity contribution in [1.82, 2.24) is 4.98 Å². The van der Waals surface area contributed by atoms with E-state index in [4.69, 9.17) is 8.83 Å². The van der Waals surface area contributed by atoms with Crippen LogP contribution in [0.2, 0.25) is 0 Å². The maximum Gasteiger partial charge on any atom is 0.266 e. The van der Waals surface area contributed by atoms with Crippen molar-refractivity contribution in [2.24, 2.45) is 5.92 Å². The number of piperidine rings is 1. The van der Waals surface area contributed by atoms with E-state index < -0.39 is 0 Å². The summed E-state index contributed by atoms with van der Waals surface area (Å²) in [6.45, 7) is 1.21. The first-order chi connectivity index (χ1) is 16.7. The maximum absolute atomic E-state index is 13.4. The number of anilines is 2. The fourth-order valence-corrected chi connectivity index (χ4v) is 4.45. The number of amides is 1. The Labute approximate surface area is 197 Å². The van der Waals surface area contributed by atoms with E-state index in [1.165, 1.54) is 6.26 Å². The van der Waals surface area contributed by atoms with Gasteiger partial charge < -0.3 is 18.6 Å². The van der Waals surface area contributed by atoms with Gasteiger partial charge in [0.15, 0.2) is 5.76 Å². The summed E-state index contributed by atoms with van der Waals surface area (Å²) in [5, 5.41) is 9.53. The number of nitriles is 1. The first-order valence-electron chi connectivity index (χ1n) is 11.3. The minimum absolute atomic E-state index is 0.0948. The number of carbonyl (C=O) groups excluding carboxylic acids is 1. The largest absolute Gasteiger partial charge is 0.459 e. The molecule has 0 unspecified atom stereocenters. The number of hydrogen-bond donors (Lipinski definition) is 0. The van der Waals surface area contributed by atoms with Gasteiger partial charge in [0, 0.05) is 31.6 Å². The normalized spacial score (nSPS) is 14.1. The molecule has 2 aromatic carbocycles. The summed E-state index contributed by atoms with van der Waals surface area (Å²) < 4.78 is 11.2. The van der Waals surface area contributed by atoms with Crippen LogP contribution in [-0.2, 0) is 4.79 Å². The first-order valence-corrected chi connectivity index (χ1v) is 11.3. The van der Waals surface area contributed by atoms with Crippen molar-refractivity contribution in [2.45, 2.75) is 12.8 Å². The molecule has 1 aliphatic rings. The second-order valence-electron chi connectivity index (χ2n) is 8.30. The Hall–Kier alpha value is -4.31. The van der Waals surface area contributed by atoms with Crippen LogP contribution in [0.1, 0.15) is 18.5 Å². The summed E-state index contributed by atoms with van der Waals surface area (Å²) in [7, 11) is 1.84. The quantitative estimate of drug-likeness (QED) is 0.406. The molecule has 3 heterocycles. The van der Waals surface area contributed by atoms with Crippen molar-refractivity contribution in [2.75, 3.05) is 29.9 Å². The zero-order valence-corrected chi connectivity index (χ0v) is 18.8. The van der Waals surface area contributed by atoms with Gasteiger partial charge in [0.2, 0.25) is 17.5 Å². The standard InChI is InChI=1S/C27H24N4O3/c1-30(23-11-6-5-10-21(23)19-8-3-2-4-9-19)26(32)20-13-15-31(16-14-20)27-22(18-28)29-25(34-27)24-12-7-17-33-24/h2-12,17,20H,13-16H2,1H3. The van der Waals surface area contributed by atoms with Crippen LogP contribution in [-0.4, -0.2) is 31.0 Å². The van der Waals surface area contributed by atoms with Crippen LogP contribution >= 0.6 is 0 Å². The number of benzene rings is 2. The molecule has 0 atom stereocenters. The molecular weight excluding hydrogens is 428 g/mol. The SMILES string of the molecule is CN(C(=O)C1CCN(c2oc(-c3ccco3)nc2C#N)CC1)c1ccccc1-c1ccccc1. The van der Waals surface area contributed by atoms with E-state index in [-0.39, 0.29) is 23.4 Å². The van der Waals surface area contributed by atoms with Gasteiger partial charge in [-0.2, -0.15) is 10.2 Å². The number of oxazole rings is 1. The van der Waals surface area contributed by atoms with Gasteiger partial charge in [0.1, 0.15) is 6.07 Å². The molecule has 1 amide bonds. The van der Waals surface area contributed by atoms with E-state index in [2.05, 4.69) is 23.2 Å². The fourth-order valence-electron chi connectivity index (χ4n) is 4.45. The van der Waals surface area contributed by atoms with Gasteiger partial charge in [0.05, 0.1) is 12.0 Å². The van der Waals surface area contributed by atoms with Crippen LogP contribution in [0.5, 0.6) is 0 Å². The Kier molecular flexibility index (Phi) is 5.88. The third-order valence-corrected chi connectivity index (χ3v) is 6.26. The van der Waals surface area contributed by atoms with Crippen molar-refractivity contribution in [3.8, 4) is 28.8 Å². The number of nitrogens with zero attached hydrogens (tertiary/aromatic N) is 4. The molecule has 0 aliphatic carbocycles. The summed E-state index contributed by atoms with van der Waals surface area (Å²) in [5.41, 5.74) is 3.23. The minimum atomic E-state index is -0.108. The minimum Gasteiger partial charge on any atom is -0.459 e. The Bertz CT molecular complexity index is 1310. The molecule has 7 heteroatoms. The van der Waals surface area contributed by atoms with Crippen LogP contribution < -0.4 is 9.80 Å². The monoisotopic (exact) mass is 452 g/mol. The molecule has 34 heavy (non-hydrogen) atoms. The highest BCUT2D eigenvalue weighted by atomic mass is 16.4. The summed E-state index contributed by atoms with van der Waals surface area (Å²) in [6.07, 6.45) is 2.87. The zero-order chi connectivity index (χ0) is 23.5. The molecule has 4 aromatic rings. The molecular formula is C27H24N4O3. The van der Waals surface area contributed by atoms with Gasteiger partial charge in [-0.3, -0.25) is 4.79 Å². The highest BCUT2D eigenvalue weighted by Gasteiger charge is 2.31. The lowest BCUT2D eigenvalue weighted by molar-refractivity contribution is -0.122. The van der Waals surface area contributed by atoms with E-state index in [9.17, 15) is 10.1 Å². The van der Waals surface area contributed by atoms with E-state index >= 15 is 0 Å². The third-order valence-electron chi connectivity index (χ3n) is 6.26. The van der Waals surface area contributed by atoms with Crippen molar-refractivity contribution in [3.63, 3.8) is 0 Å². The average Bonchev–Trinajstić information content (AvgIpc) is 3.59. The highest BCUT2D eigenvalue weighted by molar-refractivity contribution is 5.98. The highest BCUT2D eigenvalue weighted by Crippen LogP contribution is 2.34. The van der Waals surface area contributed by atoms with E-state index in [0.717, 1.165) is 16.8 Å². The topological polar surface area (TPSA) is 86.5 Å². The lowest BCUT2D eigenvalue weighted by atomic mass is 9.94. The molecule has 1 aliphatic heterocycles.